The van der Waals surface area contributed by atoms with Crippen molar-refractivity contribution in [3.8, 4) is 0 Å². The average Bonchev–Trinajstić information content (AvgIpc) is 2.87. The fraction of sp³-hybridized carbons (Fsp3) is 0.364. The van der Waals surface area contributed by atoms with E-state index in [9.17, 15) is 8.42 Å². The lowest BCUT2D eigenvalue weighted by Crippen LogP contribution is -2.14. The molecule has 2 heterocycles. The number of aliphatic hydroxyl groups is 1. The van der Waals surface area contributed by atoms with Gasteiger partial charge in [0.1, 0.15) is 4.90 Å². The van der Waals surface area contributed by atoms with Crippen LogP contribution in [0.3, 0.4) is 0 Å². The summed E-state index contributed by atoms with van der Waals surface area (Å²) in [5, 5.41) is 15.7. The van der Waals surface area contributed by atoms with E-state index in [0.29, 0.717) is 26.8 Å². The number of nitrogens with one attached hydrogen (secondary N) is 2. The van der Waals surface area contributed by atoms with Crippen LogP contribution in [0.15, 0.2) is 11.0 Å². The van der Waals surface area contributed by atoms with E-state index in [2.05, 4.69) is 14.9 Å². The third-order valence-corrected chi connectivity index (χ3v) is 5.37. The topological polar surface area (TPSA) is 95.1 Å². The summed E-state index contributed by atoms with van der Waals surface area (Å²) in [5.41, 5.74) is 1.73. The van der Waals surface area contributed by atoms with Crippen LogP contribution < -0.4 is 4.72 Å². The van der Waals surface area contributed by atoms with Gasteiger partial charge in [-0.2, -0.15) is 5.10 Å². The number of rotatable bonds is 4. The number of nitrogens with zero attached hydrogens (tertiary/aromatic N) is 1. The number of sulfonamides is 1. The normalized spacial score (nSPS) is 11.8. The van der Waals surface area contributed by atoms with Crippen LogP contribution in [0.4, 0.5) is 5.69 Å². The number of aryl methyl sites for hydroxylation is 3. The Labute approximate surface area is 115 Å². The van der Waals surface area contributed by atoms with Crippen LogP contribution in [0.1, 0.15) is 21.1 Å². The molecule has 0 saturated carbocycles. The maximum atomic E-state index is 12.3. The van der Waals surface area contributed by atoms with Gasteiger partial charge in [-0.1, -0.05) is 0 Å². The maximum Gasteiger partial charge on any atom is 0.263 e. The minimum atomic E-state index is -3.66. The predicted molar refractivity (Wildman–Crippen MR) is 73.8 cm³/mol. The Balaban J connectivity index is 2.40. The molecule has 0 amide bonds. The van der Waals surface area contributed by atoms with Crippen LogP contribution in [0.5, 0.6) is 0 Å². The van der Waals surface area contributed by atoms with Crippen LogP contribution in [0.25, 0.3) is 0 Å². The molecule has 6 nitrogen and oxygen atoms in total. The molecular formula is C11H15N3O3S2. The van der Waals surface area contributed by atoms with Crippen molar-refractivity contribution in [2.24, 2.45) is 0 Å². The summed E-state index contributed by atoms with van der Waals surface area (Å²) >= 11 is 1.27. The SMILES string of the molecule is Cc1n[nH]c(C)c1NS(=O)(=O)c1cc(CO)sc1C. The molecule has 19 heavy (non-hydrogen) atoms. The zero-order valence-electron chi connectivity index (χ0n) is 10.8. The average molecular weight is 301 g/mol. The third kappa shape index (κ3) is 2.65. The Hall–Kier alpha value is -1.38. The highest BCUT2D eigenvalue weighted by Crippen LogP contribution is 2.28. The largest absolute Gasteiger partial charge is 0.391 e. The number of H-pyrrole nitrogens is 1. The van der Waals surface area contributed by atoms with Crippen LogP contribution in [-0.2, 0) is 16.6 Å². The van der Waals surface area contributed by atoms with Gasteiger partial charge in [-0.15, -0.1) is 11.3 Å². The van der Waals surface area contributed by atoms with Crippen LogP contribution in [-0.4, -0.2) is 23.7 Å². The molecule has 0 unspecified atom stereocenters. The van der Waals surface area contributed by atoms with E-state index in [-0.39, 0.29) is 11.5 Å². The van der Waals surface area contributed by atoms with Crippen molar-refractivity contribution < 1.29 is 13.5 Å². The molecule has 0 aliphatic heterocycles. The van der Waals surface area contributed by atoms with Crippen molar-refractivity contribution in [2.75, 3.05) is 4.72 Å². The molecule has 0 radical (unpaired) electrons. The third-order valence-electron chi connectivity index (χ3n) is 2.73. The van der Waals surface area contributed by atoms with Crippen molar-refractivity contribution in [3.05, 3.63) is 27.2 Å². The molecule has 2 aromatic heterocycles. The smallest absolute Gasteiger partial charge is 0.263 e. The van der Waals surface area contributed by atoms with E-state index in [0.717, 1.165) is 0 Å². The lowest BCUT2D eigenvalue weighted by atomic mass is 10.3. The van der Waals surface area contributed by atoms with Crippen molar-refractivity contribution in [2.45, 2.75) is 32.3 Å². The second kappa shape index (κ2) is 4.95. The van der Waals surface area contributed by atoms with E-state index in [4.69, 9.17) is 5.11 Å². The molecule has 3 N–H and O–H groups in total. The van der Waals surface area contributed by atoms with Gasteiger partial charge in [0.05, 0.1) is 23.7 Å². The number of anilines is 1. The quantitative estimate of drug-likeness (QED) is 0.801. The Bertz CT molecular complexity index is 681. The Morgan fingerprint density at radius 1 is 1.42 bits per heavy atom. The summed E-state index contributed by atoms with van der Waals surface area (Å²) in [6, 6.07) is 1.49. The first-order valence-electron chi connectivity index (χ1n) is 5.59. The van der Waals surface area contributed by atoms with Crippen LogP contribution >= 0.6 is 11.3 Å². The van der Waals surface area contributed by atoms with Crippen LogP contribution in [0.2, 0.25) is 0 Å². The number of aromatic amines is 1. The fourth-order valence-corrected chi connectivity index (χ4v) is 4.44. The lowest BCUT2D eigenvalue weighted by Gasteiger charge is -2.07. The summed E-state index contributed by atoms with van der Waals surface area (Å²) in [4.78, 5) is 1.47. The molecule has 0 aromatic carbocycles. The first-order chi connectivity index (χ1) is 8.85. The highest BCUT2D eigenvalue weighted by atomic mass is 32.2. The van der Waals surface area contributed by atoms with E-state index < -0.39 is 10.0 Å². The first-order valence-corrected chi connectivity index (χ1v) is 7.89. The minimum absolute atomic E-state index is 0.162. The minimum Gasteiger partial charge on any atom is -0.391 e. The van der Waals surface area contributed by atoms with Gasteiger partial charge in [0.2, 0.25) is 0 Å². The number of aromatic nitrogens is 2. The zero-order chi connectivity index (χ0) is 14.2. The van der Waals surface area contributed by atoms with Crippen LogP contribution in [0, 0.1) is 20.8 Å². The second-order valence-electron chi connectivity index (χ2n) is 4.21. The molecule has 0 fully saturated rings. The van der Waals surface area contributed by atoms with Crippen molar-refractivity contribution >= 4 is 27.0 Å². The standard InChI is InChI=1S/C11H15N3O3S2/c1-6-11(7(2)13-12-6)14-19(16,17)10-4-9(5-15)18-8(10)3/h4,14-15H,5H2,1-3H3,(H,12,13). The summed E-state index contributed by atoms with van der Waals surface area (Å²) in [6.07, 6.45) is 0. The fourth-order valence-electron chi connectivity index (χ4n) is 1.76. The van der Waals surface area contributed by atoms with Crippen molar-refractivity contribution in [1.29, 1.82) is 0 Å². The molecule has 0 spiro atoms. The molecule has 104 valence electrons. The van der Waals surface area contributed by atoms with E-state index in [1.807, 2.05) is 0 Å². The number of hydrogen-bond acceptors (Lipinski definition) is 5. The highest BCUT2D eigenvalue weighted by Gasteiger charge is 2.22. The first kappa shape index (κ1) is 14.0. The monoisotopic (exact) mass is 301 g/mol. The molecule has 0 bridgehead atoms. The Morgan fingerprint density at radius 2 is 2.11 bits per heavy atom. The number of thiophene rings is 1. The molecule has 8 heteroatoms. The van der Waals surface area contributed by atoms with Gasteiger partial charge in [0, 0.05) is 9.75 Å². The number of aliphatic hydroxyl groups excluding tert-OH is 1. The van der Waals surface area contributed by atoms with E-state index in [1.54, 1.807) is 20.8 Å². The Morgan fingerprint density at radius 3 is 2.58 bits per heavy atom. The maximum absolute atomic E-state index is 12.3. The molecule has 0 aliphatic rings. The number of hydrogen-bond donors (Lipinski definition) is 3. The summed E-state index contributed by atoms with van der Waals surface area (Å²) in [7, 11) is -3.66. The Kier molecular flexibility index (Phi) is 3.66. The van der Waals surface area contributed by atoms with Gasteiger partial charge in [0.25, 0.3) is 10.0 Å². The zero-order valence-corrected chi connectivity index (χ0v) is 12.4. The molecule has 0 saturated heterocycles. The summed E-state index contributed by atoms with van der Waals surface area (Å²) in [5.74, 6) is 0. The van der Waals surface area contributed by atoms with E-state index in [1.165, 1.54) is 17.4 Å². The van der Waals surface area contributed by atoms with Gasteiger partial charge in [-0.25, -0.2) is 8.42 Å². The summed E-state index contributed by atoms with van der Waals surface area (Å²) in [6.45, 7) is 5.02. The van der Waals surface area contributed by atoms with Gasteiger partial charge in [-0.05, 0) is 26.8 Å². The van der Waals surface area contributed by atoms with Gasteiger partial charge < -0.3 is 5.11 Å². The molecular weight excluding hydrogens is 286 g/mol. The molecule has 0 atom stereocenters. The molecule has 2 aromatic rings. The highest BCUT2D eigenvalue weighted by molar-refractivity contribution is 7.93. The lowest BCUT2D eigenvalue weighted by molar-refractivity contribution is 0.285. The van der Waals surface area contributed by atoms with Gasteiger partial charge in [-0.3, -0.25) is 9.82 Å². The predicted octanol–water partition coefficient (Wildman–Crippen LogP) is 1.69. The second-order valence-corrected chi connectivity index (χ2v) is 7.20. The van der Waals surface area contributed by atoms with Gasteiger partial charge >= 0.3 is 0 Å². The summed E-state index contributed by atoms with van der Waals surface area (Å²) < 4.78 is 27.2. The molecule has 2 rings (SSSR count). The van der Waals surface area contributed by atoms with E-state index >= 15 is 0 Å². The van der Waals surface area contributed by atoms with Crippen molar-refractivity contribution in [1.82, 2.24) is 10.2 Å². The molecule has 0 aliphatic carbocycles. The van der Waals surface area contributed by atoms with Crippen molar-refractivity contribution in [3.63, 3.8) is 0 Å². The van der Waals surface area contributed by atoms with Gasteiger partial charge in [0.15, 0.2) is 0 Å².